The van der Waals surface area contributed by atoms with E-state index in [-0.39, 0.29) is 0 Å². The van der Waals surface area contributed by atoms with Gasteiger partial charge < -0.3 is 0 Å². The zero-order valence-corrected chi connectivity index (χ0v) is 13.0. The molecule has 0 aromatic heterocycles. The average molecular weight is 300 g/mol. The van der Waals surface area contributed by atoms with Crippen LogP contribution < -0.4 is 0 Å². The molecular formula is C18H20O2S. The minimum absolute atomic E-state index is 0.344. The molecule has 0 saturated carbocycles. The summed E-state index contributed by atoms with van der Waals surface area (Å²) < 4.78 is 25.7. The largest absolute Gasteiger partial charge is 0.219 e. The first-order valence-corrected chi connectivity index (χ1v) is 8.70. The number of rotatable bonds is 6. The van der Waals surface area contributed by atoms with Crippen LogP contribution in [0.4, 0.5) is 0 Å². The lowest BCUT2D eigenvalue weighted by atomic mass is 10.1. The maximum absolute atomic E-state index is 12.9. The lowest BCUT2D eigenvalue weighted by Gasteiger charge is -2.10. The minimum Gasteiger partial charge on any atom is -0.219 e. The Kier molecular flexibility index (Phi) is 5.34. The lowest BCUT2D eigenvalue weighted by Crippen LogP contribution is -2.04. The van der Waals surface area contributed by atoms with Crippen molar-refractivity contribution < 1.29 is 8.42 Å². The molecule has 0 unspecified atom stereocenters. The monoisotopic (exact) mass is 300 g/mol. The molecule has 0 atom stereocenters. The van der Waals surface area contributed by atoms with Crippen LogP contribution in [0, 0.1) is 0 Å². The second kappa shape index (κ2) is 7.23. The summed E-state index contributed by atoms with van der Waals surface area (Å²) in [5.41, 5.74) is 0.748. The van der Waals surface area contributed by atoms with E-state index in [1.807, 2.05) is 42.5 Å². The molecule has 0 bridgehead atoms. The molecule has 2 aromatic carbocycles. The molecule has 0 radical (unpaired) electrons. The Morgan fingerprint density at radius 3 is 2.10 bits per heavy atom. The van der Waals surface area contributed by atoms with E-state index in [9.17, 15) is 8.42 Å². The van der Waals surface area contributed by atoms with Gasteiger partial charge in [-0.2, -0.15) is 0 Å². The molecule has 0 aliphatic heterocycles. The number of unbranched alkanes of at least 4 members (excludes halogenated alkanes) is 2. The summed E-state index contributed by atoms with van der Waals surface area (Å²) in [6.07, 6.45) is 4.65. The van der Waals surface area contributed by atoms with Crippen LogP contribution in [0.3, 0.4) is 0 Å². The van der Waals surface area contributed by atoms with Crippen molar-refractivity contribution in [2.45, 2.75) is 31.1 Å². The highest BCUT2D eigenvalue weighted by atomic mass is 32.2. The quantitative estimate of drug-likeness (QED) is 0.725. The zero-order valence-electron chi connectivity index (χ0n) is 12.2. The van der Waals surface area contributed by atoms with Crippen LogP contribution in [0.1, 0.15) is 31.7 Å². The Morgan fingerprint density at radius 1 is 0.952 bits per heavy atom. The number of benzene rings is 2. The summed E-state index contributed by atoms with van der Waals surface area (Å²) in [5.74, 6) is 0. The molecule has 0 saturated heterocycles. The summed E-state index contributed by atoms with van der Waals surface area (Å²) >= 11 is 0. The maximum Gasteiger partial charge on any atom is 0.206 e. The van der Waals surface area contributed by atoms with Crippen molar-refractivity contribution in [3.8, 4) is 0 Å². The Morgan fingerprint density at radius 2 is 1.52 bits per heavy atom. The van der Waals surface area contributed by atoms with Gasteiger partial charge in [-0.05, 0) is 24.1 Å². The van der Waals surface area contributed by atoms with E-state index in [4.69, 9.17) is 0 Å². The van der Waals surface area contributed by atoms with Crippen LogP contribution in [0.25, 0.3) is 4.91 Å². The normalized spacial score (nSPS) is 12.3. The molecule has 2 aromatic rings. The van der Waals surface area contributed by atoms with E-state index in [1.165, 1.54) is 0 Å². The predicted molar refractivity (Wildman–Crippen MR) is 87.6 cm³/mol. The van der Waals surface area contributed by atoms with E-state index in [2.05, 4.69) is 6.92 Å². The van der Waals surface area contributed by atoms with Crippen LogP contribution in [0.15, 0.2) is 71.6 Å². The molecular weight excluding hydrogens is 280 g/mol. The van der Waals surface area contributed by atoms with Crippen molar-refractivity contribution in [2.24, 2.45) is 0 Å². The van der Waals surface area contributed by atoms with Crippen molar-refractivity contribution in [1.29, 1.82) is 0 Å². The van der Waals surface area contributed by atoms with Gasteiger partial charge in [0, 0.05) is 0 Å². The fourth-order valence-corrected chi connectivity index (χ4v) is 3.70. The maximum atomic E-state index is 12.9. The Bertz CT molecular complexity index is 687. The highest BCUT2D eigenvalue weighted by molar-refractivity contribution is 8.00. The lowest BCUT2D eigenvalue weighted by molar-refractivity contribution is 0.605. The third-order valence-electron chi connectivity index (χ3n) is 3.29. The first kappa shape index (κ1) is 15.5. The second-order valence-corrected chi connectivity index (χ2v) is 6.81. The summed E-state index contributed by atoms with van der Waals surface area (Å²) in [6, 6.07) is 17.9. The molecule has 2 rings (SSSR count). The minimum atomic E-state index is -3.47. The van der Waals surface area contributed by atoms with E-state index in [0.717, 1.165) is 24.8 Å². The van der Waals surface area contributed by atoms with Gasteiger partial charge in [-0.25, -0.2) is 8.42 Å². The van der Waals surface area contributed by atoms with Crippen molar-refractivity contribution in [3.63, 3.8) is 0 Å². The van der Waals surface area contributed by atoms with Crippen molar-refractivity contribution in [1.82, 2.24) is 0 Å². The number of hydrogen-bond acceptors (Lipinski definition) is 2. The van der Waals surface area contributed by atoms with Crippen molar-refractivity contribution in [2.75, 3.05) is 0 Å². The van der Waals surface area contributed by atoms with Gasteiger partial charge in [-0.1, -0.05) is 74.4 Å². The zero-order chi connectivity index (χ0) is 15.1. The van der Waals surface area contributed by atoms with Crippen LogP contribution in [0.5, 0.6) is 0 Å². The first-order chi connectivity index (χ1) is 10.2. The van der Waals surface area contributed by atoms with E-state index >= 15 is 0 Å². The average Bonchev–Trinajstić information content (AvgIpc) is 2.53. The number of sulfone groups is 1. The smallest absolute Gasteiger partial charge is 0.206 e. The Hall–Kier alpha value is -1.87. The highest BCUT2D eigenvalue weighted by Gasteiger charge is 2.21. The van der Waals surface area contributed by atoms with Crippen LogP contribution in [-0.4, -0.2) is 8.42 Å². The third-order valence-corrected chi connectivity index (χ3v) is 5.16. The van der Waals surface area contributed by atoms with E-state index < -0.39 is 9.84 Å². The molecule has 0 aliphatic carbocycles. The van der Waals surface area contributed by atoms with E-state index in [1.54, 1.807) is 24.3 Å². The Balaban J connectivity index is 2.48. The van der Waals surface area contributed by atoms with Crippen molar-refractivity contribution >= 4 is 14.7 Å². The molecule has 110 valence electrons. The van der Waals surface area contributed by atoms with Gasteiger partial charge in [0.25, 0.3) is 0 Å². The topological polar surface area (TPSA) is 34.1 Å². The number of allylic oxidation sites excluding steroid dienone is 1. The predicted octanol–water partition coefficient (Wildman–Crippen LogP) is 4.69. The Labute approximate surface area is 127 Å². The molecule has 2 nitrogen and oxygen atoms in total. The molecule has 0 heterocycles. The van der Waals surface area contributed by atoms with Gasteiger partial charge in [0.1, 0.15) is 0 Å². The van der Waals surface area contributed by atoms with Crippen LogP contribution >= 0.6 is 0 Å². The number of hydrogen-bond donors (Lipinski definition) is 0. The molecule has 0 fully saturated rings. The van der Waals surface area contributed by atoms with Gasteiger partial charge in [-0.15, -0.1) is 0 Å². The fourth-order valence-electron chi connectivity index (χ4n) is 2.15. The van der Waals surface area contributed by atoms with Gasteiger partial charge in [-0.3, -0.25) is 0 Å². The second-order valence-electron chi connectivity index (χ2n) is 4.89. The van der Waals surface area contributed by atoms with Gasteiger partial charge in [0.05, 0.1) is 9.80 Å². The molecule has 0 N–H and O–H groups in total. The summed E-state index contributed by atoms with van der Waals surface area (Å²) in [7, 11) is -3.47. The third kappa shape index (κ3) is 3.82. The van der Waals surface area contributed by atoms with Gasteiger partial charge in [0.15, 0.2) is 0 Å². The SMILES string of the molecule is CCCC/C=C(/c1ccccc1)S(=O)(=O)c1ccccc1. The first-order valence-electron chi connectivity index (χ1n) is 7.22. The van der Waals surface area contributed by atoms with Gasteiger partial charge in [0.2, 0.25) is 9.84 Å². The molecule has 21 heavy (non-hydrogen) atoms. The fraction of sp³-hybridized carbons (Fsp3) is 0.222. The molecule has 0 aliphatic rings. The van der Waals surface area contributed by atoms with E-state index in [0.29, 0.717) is 9.80 Å². The molecule has 0 amide bonds. The summed E-state index contributed by atoms with van der Waals surface area (Å²) in [4.78, 5) is 0.749. The van der Waals surface area contributed by atoms with Crippen LogP contribution in [-0.2, 0) is 9.84 Å². The van der Waals surface area contributed by atoms with Crippen molar-refractivity contribution in [3.05, 3.63) is 72.3 Å². The standard InChI is InChI=1S/C18H20O2S/c1-2-3-6-15-18(16-11-7-4-8-12-16)21(19,20)17-13-9-5-10-14-17/h4-5,7-15H,2-3,6H2,1H3/b18-15-. The molecule has 0 spiro atoms. The van der Waals surface area contributed by atoms with Gasteiger partial charge >= 0.3 is 0 Å². The summed E-state index contributed by atoms with van der Waals surface area (Å²) in [6.45, 7) is 2.10. The summed E-state index contributed by atoms with van der Waals surface area (Å²) in [5, 5.41) is 0. The highest BCUT2D eigenvalue weighted by Crippen LogP contribution is 2.28. The molecule has 3 heteroatoms. The van der Waals surface area contributed by atoms with Crippen LogP contribution in [0.2, 0.25) is 0 Å².